The van der Waals surface area contributed by atoms with Crippen LogP contribution in [0.25, 0.3) is 0 Å². The van der Waals surface area contributed by atoms with Crippen molar-refractivity contribution in [1.29, 1.82) is 0 Å². The molecule has 2 heterocycles. The molecule has 2 aromatic rings. The van der Waals surface area contributed by atoms with Gasteiger partial charge in [-0.1, -0.05) is 48.6 Å². The average Bonchev–Trinajstić information content (AvgIpc) is 3.20. The Labute approximate surface area is 162 Å². The number of piperidine rings is 1. The van der Waals surface area contributed by atoms with Gasteiger partial charge in [-0.05, 0) is 24.3 Å². The first kappa shape index (κ1) is 18.0. The van der Waals surface area contributed by atoms with E-state index in [0.717, 1.165) is 0 Å². The van der Waals surface area contributed by atoms with E-state index in [1.54, 1.807) is 65.6 Å². The van der Waals surface area contributed by atoms with Crippen LogP contribution in [-0.4, -0.2) is 47.5 Å². The van der Waals surface area contributed by atoms with Crippen LogP contribution >= 0.6 is 0 Å². The maximum atomic E-state index is 12.9. The zero-order chi connectivity index (χ0) is 19.5. The van der Waals surface area contributed by atoms with E-state index >= 15 is 0 Å². The summed E-state index contributed by atoms with van der Waals surface area (Å²) in [5.41, 5.74) is 0.720. The van der Waals surface area contributed by atoms with Gasteiger partial charge in [0.15, 0.2) is 6.10 Å². The molecule has 0 N–H and O–H groups in total. The Kier molecular flexibility index (Phi) is 4.93. The van der Waals surface area contributed by atoms with Crippen molar-refractivity contribution in [1.82, 2.24) is 4.90 Å². The molecular formula is C22H19NO5. The van der Waals surface area contributed by atoms with E-state index in [-0.39, 0.29) is 11.9 Å². The van der Waals surface area contributed by atoms with Crippen LogP contribution in [0.1, 0.15) is 27.1 Å². The van der Waals surface area contributed by atoms with E-state index < -0.39 is 24.1 Å². The lowest BCUT2D eigenvalue weighted by molar-refractivity contribution is -0.155. The van der Waals surface area contributed by atoms with Gasteiger partial charge in [-0.3, -0.25) is 4.79 Å². The van der Waals surface area contributed by atoms with E-state index in [1.165, 1.54) is 0 Å². The van der Waals surface area contributed by atoms with Crippen molar-refractivity contribution in [3.8, 4) is 0 Å². The van der Waals surface area contributed by atoms with Crippen molar-refractivity contribution in [2.24, 2.45) is 0 Å². The highest BCUT2D eigenvalue weighted by molar-refractivity contribution is 5.94. The molecular weight excluding hydrogens is 358 g/mol. The fourth-order valence-electron chi connectivity index (χ4n) is 3.49. The fraction of sp³-hybridized carbons (Fsp3) is 0.227. The molecule has 1 saturated heterocycles. The number of esters is 2. The van der Waals surface area contributed by atoms with E-state index in [0.29, 0.717) is 24.1 Å². The lowest BCUT2D eigenvalue weighted by Crippen LogP contribution is -2.56. The fourth-order valence-corrected chi connectivity index (χ4v) is 3.49. The van der Waals surface area contributed by atoms with Gasteiger partial charge in [-0.15, -0.1) is 0 Å². The molecule has 0 unspecified atom stereocenters. The smallest absolute Gasteiger partial charge is 0.339 e. The Bertz CT molecular complexity index is 909. The van der Waals surface area contributed by atoms with Crippen molar-refractivity contribution in [3.63, 3.8) is 0 Å². The molecule has 2 aliphatic heterocycles. The molecule has 1 fully saturated rings. The van der Waals surface area contributed by atoms with E-state index in [9.17, 15) is 14.4 Å². The first-order valence-electron chi connectivity index (χ1n) is 9.12. The molecule has 2 aliphatic rings. The third-order valence-electron chi connectivity index (χ3n) is 4.91. The predicted molar refractivity (Wildman–Crippen MR) is 101 cm³/mol. The van der Waals surface area contributed by atoms with Crippen LogP contribution in [0.2, 0.25) is 0 Å². The number of amides is 1. The summed E-state index contributed by atoms with van der Waals surface area (Å²) in [5, 5.41) is 0. The summed E-state index contributed by atoms with van der Waals surface area (Å²) >= 11 is 0. The number of carbonyl (C=O) groups is 3. The second kappa shape index (κ2) is 7.68. The first-order valence-corrected chi connectivity index (χ1v) is 9.12. The Hall–Kier alpha value is -3.41. The van der Waals surface area contributed by atoms with Gasteiger partial charge in [0.1, 0.15) is 0 Å². The Morgan fingerprint density at radius 3 is 2.04 bits per heavy atom. The SMILES string of the molecule is O=C(O[C@@H]1C[C@H]2C=CCN2C(=O)[C@@H]1OC(=O)c1ccccc1)c1ccccc1. The summed E-state index contributed by atoms with van der Waals surface area (Å²) in [7, 11) is 0. The van der Waals surface area contributed by atoms with Gasteiger partial charge in [0.05, 0.1) is 17.2 Å². The molecule has 0 radical (unpaired) electrons. The number of fused-ring (bicyclic) bond motifs is 1. The molecule has 0 aliphatic carbocycles. The summed E-state index contributed by atoms with van der Waals surface area (Å²) in [5.74, 6) is -1.52. The van der Waals surface area contributed by atoms with Gasteiger partial charge < -0.3 is 14.4 Å². The second-order valence-electron chi connectivity index (χ2n) is 6.72. The normalized spacial score (nSPS) is 23.2. The Morgan fingerprint density at radius 1 is 0.857 bits per heavy atom. The van der Waals surface area contributed by atoms with Gasteiger partial charge in [0.2, 0.25) is 6.10 Å². The van der Waals surface area contributed by atoms with Crippen LogP contribution < -0.4 is 0 Å². The van der Waals surface area contributed by atoms with Gasteiger partial charge in [-0.2, -0.15) is 0 Å². The van der Waals surface area contributed by atoms with E-state index in [4.69, 9.17) is 9.47 Å². The number of hydrogen-bond donors (Lipinski definition) is 0. The third kappa shape index (κ3) is 3.53. The zero-order valence-electron chi connectivity index (χ0n) is 15.1. The lowest BCUT2D eigenvalue weighted by Gasteiger charge is -2.38. The average molecular weight is 377 g/mol. The summed E-state index contributed by atoms with van der Waals surface area (Å²) in [4.78, 5) is 39.6. The van der Waals surface area contributed by atoms with Crippen LogP contribution in [0.5, 0.6) is 0 Å². The van der Waals surface area contributed by atoms with Crippen molar-refractivity contribution in [2.75, 3.05) is 6.54 Å². The summed E-state index contributed by atoms with van der Waals surface area (Å²) in [6.45, 7) is 0.461. The van der Waals surface area contributed by atoms with Gasteiger partial charge in [0, 0.05) is 13.0 Å². The summed E-state index contributed by atoms with van der Waals surface area (Å²) < 4.78 is 11.1. The molecule has 6 nitrogen and oxygen atoms in total. The minimum absolute atomic E-state index is 0.159. The first-order chi connectivity index (χ1) is 13.6. The molecule has 0 bridgehead atoms. The van der Waals surface area contributed by atoms with Crippen molar-refractivity contribution < 1.29 is 23.9 Å². The molecule has 3 atom stereocenters. The number of ether oxygens (including phenoxy) is 2. The van der Waals surface area contributed by atoms with Gasteiger partial charge >= 0.3 is 11.9 Å². The molecule has 0 aromatic heterocycles. The topological polar surface area (TPSA) is 72.9 Å². The lowest BCUT2D eigenvalue weighted by atomic mass is 9.97. The number of carbonyl (C=O) groups excluding carboxylic acids is 3. The number of benzene rings is 2. The molecule has 0 spiro atoms. The molecule has 0 saturated carbocycles. The van der Waals surface area contributed by atoms with Crippen LogP contribution in [0, 0.1) is 0 Å². The van der Waals surface area contributed by atoms with E-state index in [1.807, 2.05) is 12.2 Å². The monoisotopic (exact) mass is 377 g/mol. The molecule has 1 amide bonds. The van der Waals surface area contributed by atoms with Crippen molar-refractivity contribution in [2.45, 2.75) is 24.7 Å². The van der Waals surface area contributed by atoms with Gasteiger partial charge in [0.25, 0.3) is 5.91 Å². The summed E-state index contributed by atoms with van der Waals surface area (Å²) in [6.07, 6.45) is 2.16. The zero-order valence-corrected chi connectivity index (χ0v) is 15.1. The molecule has 2 aromatic carbocycles. The van der Waals surface area contributed by atoms with Crippen LogP contribution in [-0.2, 0) is 14.3 Å². The number of rotatable bonds is 4. The highest BCUT2D eigenvalue weighted by Gasteiger charge is 2.46. The molecule has 6 heteroatoms. The number of nitrogens with zero attached hydrogens (tertiary/aromatic N) is 1. The minimum Gasteiger partial charge on any atom is -0.454 e. The number of hydrogen-bond acceptors (Lipinski definition) is 5. The molecule has 142 valence electrons. The Morgan fingerprint density at radius 2 is 1.43 bits per heavy atom. The van der Waals surface area contributed by atoms with Gasteiger partial charge in [-0.25, -0.2) is 9.59 Å². The quantitative estimate of drug-likeness (QED) is 0.605. The molecule has 4 rings (SSSR count). The van der Waals surface area contributed by atoms with Crippen LogP contribution in [0.4, 0.5) is 0 Å². The summed E-state index contributed by atoms with van der Waals surface area (Å²) in [6, 6.07) is 16.8. The van der Waals surface area contributed by atoms with Crippen LogP contribution in [0.15, 0.2) is 72.8 Å². The van der Waals surface area contributed by atoms with Crippen molar-refractivity contribution >= 4 is 17.8 Å². The predicted octanol–water partition coefficient (Wildman–Crippen LogP) is 2.61. The Balaban J connectivity index is 1.55. The highest BCUT2D eigenvalue weighted by atomic mass is 16.6. The third-order valence-corrected chi connectivity index (χ3v) is 4.91. The van der Waals surface area contributed by atoms with Crippen molar-refractivity contribution in [3.05, 3.63) is 83.9 Å². The second-order valence-corrected chi connectivity index (χ2v) is 6.72. The molecule has 28 heavy (non-hydrogen) atoms. The maximum absolute atomic E-state index is 12.9. The highest BCUT2D eigenvalue weighted by Crippen LogP contribution is 2.29. The van der Waals surface area contributed by atoms with E-state index in [2.05, 4.69) is 0 Å². The largest absolute Gasteiger partial charge is 0.454 e. The standard InChI is InChI=1S/C22H19NO5/c24-20-19(28-22(26)16-10-5-2-6-11-16)18(14-17-12-7-13-23(17)20)27-21(25)15-8-3-1-4-9-15/h1-12,17-19H,13-14H2/t17-,18-,19-/m1/s1. The minimum atomic E-state index is -1.17. The van der Waals surface area contributed by atoms with Crippen LogP contribution in [0.3, 0.4) is 0 Å². The maximum Gasteiger partial charge on any atom is 0.339 e.